The van der Waals surface area contributed by atoms with Gasteiger partial charge in [-0.2, -0.15) is 0 Å². The minimum atomic E-state index is 0.0759. The minimum absolute atomic E-state index is 0.0759. The molecule has 0 aromatic carbocycles. The van der Waals surface area contributed by atoms with Crippen molar-refractivity contribution < 1.29 is 4.79 Å². The summed E-state index contributed by atoms with van der Waals surface area (Å²) >= 11 is 0. The van der Waals surface area contributed by atoms with Crippen LogP contribution in [0.1, 0.15) is 41.5 Å². The lowest BCUT2D eigenvalue weighted by molar-refractivity contribution is 0.0531. The number of rotatable bonds is 2. The number of carbonyl (C=O) groups is 1. The number of nitrogens with two attached hydrogens (primary N) is 1. The molecular formula is C15H23N3O. The SMILES string of the molecule is Cc1ccc(C(=O)N2CCCC(C)C2CN)c(C)n1. The number of hydrogen-bond acceptors (Lipinski definition) is 3. The highest BCUT2D eigenvalue weighted by Gasteiger charge is 2.31. The van der Waals surface area contributed by atoms with Gasteiger partial charge in [-0.25, -0.2) is 0 Å². The first-order valence-corrected chi connectivity index (χ1v) is 7.00. The van der Waals surface area contributed by atoms with E-state index < -0.39 is 0 Å². The molecule has 2 rings (SSSR count). The zero-order valence-electron chi connectivity index (χ0n) is 12.0. The van der Waals surface area contributed by atoms with Gasteiger partial charge < -0.3 is 10.6 Å². The Bertz CT molecular complexity index is 472. The van der Waals surface area contributed by atoms with Gasteiger partial charge >= 0.3 is 0 Å². The van der Waals surface area contributed by atoms with Crippen molar-refractivity contribution in [2.45, 2.75) is 39.7 Å². The number of hydrogen-bond donors (Lipinski definition) is 1. The van der Waals surface area contributed by atoms with E-state index in [2.05, 4.69) is 11.9 Å². The largest absolute Gasteiger partial charge is 0.334 e. The van der Waals surface area contributed by atoms with Gasteiger partial charge in [0.2, 0.25) is 0 Å². The average Bonchev–Trinajstić information content (AvgIpc) is 2.37. The van der Waals surface area contributed by atoms with Gasteiger partial charge in [0.05, 0.1) is 11.3 Å². The van der Waals surface area contributed by atoms with Crippen molar-refractivity contribution in [1.82, 2.24) is 9.88 Å². The molecule has 0 aliphatic carbocycles. The van der Waals surface area contributed by atoms with E-state index in [1.165, 1.54) is 0 Å². The molecule has 1 saturated heterocycles. The van der Waals surface area contributed by atoms with Crippen LogP contribution in [-0.4, -0.2) is 34.9 Å². The molecule has 2 unspecified atom stereocenters. The van der Waals surface area contributed by atoms with E-state index in [0.717, 1.165) is 30.8 Å². The van der Waals surface area contributed by atoms with Gasteiger partial charge in [-0.05, 0) is 44.7 Å². The van der Waals surface area contributed by atoms with Crippen LogP contribution in [0.4, 0.5) is 0 Å². The molecule has 0 saturated carbocycles. The molecule has 2 atom stereocenters. The number of carbonyl (C=O) groups excluding carboxylic acids is 1. The molecule has 4 heteroatoms. The van der Waals surface area contributed by atoms with Crippen molar-refractivity contribution in [2.75, 3.05) is 13.1 Å². The highest BCUT2D eigenvalue weighted by molar-refractivity contribution is 5.95. The van der Waals surface area contributed by atoms with Crippen molar-refractivity contribution in [3.05, 3.63) is 29.1 Å². The van der Waals surface area contributed by atoms with Crippen molar-refractivity contribution in [3.63, 3.8) is 0 Å². The number of pyridine rings is 1. The molecule has 0 radical (unpaired) electrons. The van der Waals surface area contributed by atoms with E-state index in [4.69, 9.17) is 5.73 Å². The Morgan fingerprint density at radius 1 is 1.47 bits per heavy atom. The van der Waals surface area contributed by atoms with Crippen molar-refractivity contribution in [1.29, 1.82) is 0 Å². The molecule has 0 spiro atoms. The van der Waals surface area contributed by atoms with Gasteiger partial charge in [-0.1, -0.05) is 6.92 Å². The van der Waals surface area contributed by atoms with Crippen LogP contribution in [0.5, 0.6) is 0 Å². The lowest BCUT2D eigenvalue weighted by atomic mass is 9.90. The highest BCUT2D eigenvalue weighted by atomic mass is 16.2. The van der Waals surface area contributed by atoms with Gasteiger partial charge in [0.25, 0.3) is 5.91 Å². The van der Waals surface area contributed by atoms with Crippen LogP contribution in [0.2, 0.25) is 0 Å². The van der Waals surface area contributed by atoms with Gasteiger partial charge in [0, 0.05) is 24.8 Å². The van der Waals surface area contributed by atoms with Gasteiger partial charge in [-0.3, -0.25) is 9.78 Å². The Morgan fingerprint density at radius 2 is 2.21 bits per heavy atom. The summed E-state index contributed by atoms with van der Waals surface area (Å²) in [6, 6.07) is 3.93. The Balaban J connectivity index is 2.27. The Labute approximate surface area is 115 Å². The maximum absolute atomic E-state index is 12.7. The predicted molar refractivity (Wildman–Crippen MR) is 76.0 cm³/mol. The summed E-state index contributed by atoms with van der Waals surface area (Å²) in [5, 5.41) is 0. The summed E-state index contributed by atoms with van der Waals surface area (Å²) in [6.45, 7) is 7.35. The van der Waals surface area contributed by atoms with Crippen LogP contribution in [-0.2, 0) is 0 Å². The van der Waals surface area contributed by atoms with Crippen LogP contribution in [0.3, 0.4) is 0 Å². The van der Waals surface area contributed by atoms with E-state index in [9.17, 15) is 4.79 Å². The van der Waals surface area contributed by atoms with E-state index >= 15 is 0 Å². The fraction of sp³-hybridized carbons (Fsp3) is 0.600. The lowest BCUT2D eigenvalue weighted by Crippen LogP contribution is -2.51. The number of aromatic nitrogens is 1. The summed E-state index contributed by atoms with van der Waals surface area (Å²) in [5.74, 6) is 0.549. The molecule has 0 bridgehead atoms. The number of likely N-dealkylation sites (tertiary alicyclic amines) is 1. The number of nitrogens with zero attached hydrogens (tertiary/aromatic N) is 2. The van der Waals surface area contributed by atoms with Crippen LogP contribution in [0, 0.1) is 19.8 Å². The maximum atomic E-state index is 12.7. The standard InChI is InChI=1S/C15H23N3O/c1-10-5-4-8-18(14(10)9-16)15(19)13-7-6-11(2)17-12(13)3/h6-7,10,14H,4-5,8-9,16H2,1-3H3. The third-order valence-corrected chi connectivity index (χ3v) is 4.07. The molecular weight excluding hydrogens is 238 g/mol. The van der Waals surface area contributed by atoms with Gasteiger partial charge in [0.15, 0.2) is 0 Å². The summed E-state index contributed by atoms with van der Waals surface area (Å²) in [7, 11) is 0. The minimum Gasteiger partial charge on any atom is -0.334 e. The van der Waals surface area contributed by atoms with Crippen LogP contribution >= 0.6 is 0 Å². The summed E-state index contributed by atoms with van der Waals surface area (Å²) in [5.41, 5.74) is 8.30. The van der Waals surface area contributed by atoms with Crippen molar-refractivity contribution in [2.24, 2.45) is 11.7 Å². The molecule has 2 N–H and O–H groups in total. The van der Waals surface area contributed by atoms with Gasteiger partial charge in [-0.15, -0.1) is 0 Å². The maximum Gasteiger partial charge on any atom is 0.255 e. The Morgan fingerprint density at radius 3 is 2.84 bits per heavy atom. The zero-order valence-corrected chi connectivity index (χ0v) is 12.0. The molecule has 104 valence electrons. The number of amides is 1. The van der Waals surface area contributed by atoms with E-state index in [1.807, 2.05) is 30.9 Å². The second-order valence-corrected chi connectivity index (χ2v) is 5.51. The average molecular weight is 261 g/mol. The topological polar surface area (TPSA) is 59.2 Å². The van der Waals surface area contributed by atoms with Crippen LogP contribution < -0.4 is 5.73 Å². The molecule has 1 fully saturated rings. The summed E-state index contributed by atoms with van der Waals surface area (Å²) < 4.78 is 0. The fourth-order valence-electron chi connectivity index (χ4n) is 2.93. The first-order valence-electron chi connectivity index (χ1n) is 7.00. The fourth-order valence-corrected chi connectivity index (χ4v) is 2.93. The quantitative estimate of drug-likeness (QED) is 0.884. The molecule has 1 aliphatic heterocycles. The van der Waals surface area contributed by atoms with Crippen molar-refractivity contribution >= 4 is 5.91 Å². The van der Waals surface area contributed by atoms with E-state index in [1.54, 1.807) is 0 Å². The third-order valence-electron chi connectivity index (χ3n) is 4.07. The van der Waals surface area contributed by atoms with Crippen molar-refractivity contribution in [3.8, 4) is 0 Å². The molecule has 1 aliphatic rings. The third kappa shape index (κ3) is 2.78. The van der Waals surface area contributed by atoms with E-state index in [-0.39, 0.29) is 11.9 Å². The smallest absolute Gasteiger partial charge is 0.255 e. The lowest BCUT2D eigenvalue weighted by Gasteiger charge is -2.39. The first kappa shape index (κ1) is 14.0. The molecule has 4 nitrogen and oxygen atoms in total. The zero-order chi connectivity index (χ0) is 14.0. The highest BCUT2D eigenvalue weighted by Crippen LogP contribution is 2.24. The normalized spacial score (nSPS) is 23.5. The van der Waals surface area contributed by atoms with Crippen LogP contribution in [0.15, 0.2) is 12.1 Å². The molecule has 19 heavy (non-hydrogen) atoms. The summed E-state index contributed by atoms with van der Waals surface area (Å²) in [4.78, 5) is 19.0. The molecule has 1 aromatic rings. The molecule has 2 heterocycles. The first-order chi connectivity index (χ1) is 9.04. The Hall–Kier alpha value is -1.42. The monoisotopic (exact) mass is 261 g/mol. The second kappa shape index (κ2) is 5.70. The van der Waals surface area contributed by atoms with Crippen LogP contribution in [0.25, 0.3) is 0 Å². The Kier molecular flexibility index (Phi) is 4.20. The number of piperidine rings is 1. The van der Waals surface area contributed by atoms with E-state index in [0.29, 0.717) is 18.0 Å². The molecule has 1 aromatic heterocycles. The number of aryl methyl sites for hydroxylation is 2. The van der Waals surface area contributed by atoms with Gasteiger partial charge in [0.1, 0.15) is 0 Å². The summed E-state index contributed by atoms with van der Waals surface area (Å²) in [6.07, 6.45) is 2.21. The predicted octanol–water partition coefficient (Wildman–Crippen LogP) is 1.90. The molecule has 1 amide bonds. The second-order valence-electron chi connectivity index (χ2n) is 5.51.